The van der Waals surface area contributed by atoms with E-state index in [1.54, 1.807) is 0 Å². The van der Waals surface area contributed by atoms with Crippen molar-refractivity contribution in [1.82, 2.24) is 15.3 Å². The van der Waals surface area contributed by atoms with Gasteiger partial charge < -0.3 is 10.6 Å². The van der Waals surface area contributed by atoms with Crippen LogP contribution in [0.25, 0.3) is 11.1 Å². The van der Waals surface area contributed by atoms with E-state index >= 15 is 0 Å². The molecule has 3 rings (SSSR count). The summed E-state index contributed by atoms with van der Waals surface area (Å²) in [6.45, 7) is 2.89. The van der Waals surface area contributed by atoms with E-state index in [4.69, 9.17) is 0 Å². The van der Waals surface area contributed by atoms with Crippen LogP contribution in [0.2, 0.25) is 0 Å². The number of nitrogens with one attached hydrogen (secondary N) is 2. The van der Waals surface area contributed by atoms with Crippen molar-refractivity contribution in [2.24, 2.45) is 0 Å². The summed E-state index contributed by atoms with van der Waals surface area (Å²) in [6, 6.07) is 8.12. The average molecular weight is 367 g/mol. The number of hydrogen-bond acceptors (Lipinski definition) is 4. The van der Waals surface area contributed by atoms with E-state index in [2.05, 4.69) is 27.5 Å². The Morgan fingerprint density at radius 1 is 1.00 bits per heavy atom. The summed E-state index contributed by atoms with van der Waals surface area (Å²) in [5, 5.41) is 6.40. The van der Waals surface area contributed by atoms with Crippen LogP contribution < -0.4 is 10.6 Å². The van der Waals surface area contributed by atoms with E-state index in [9.17, 15) is 4.79 Å². The van der Waals surface area contributed by atoms with Crippen molar-refractivity contribution in [1.29, 1.82) is 0 Å². The Kier molecular flexibility index (Phi) is 7.19. The minimum atomic E-state index is -0.0130. The largest absolute Gasteiger partial charge is 0.352 e. The fraction of sp³-hybridized carbons (Fsp3) is 0.500. The van der Waals surface area contributed by atoms with Gasteiger partial charge in [-0.25, -0.2) is 9.97 Å². The highest BCUT2D eigenvalue weighted by Gasteiger charge is 2.14. The third kappa shape index (κ3) is 5.78. The maximum atomic E-state index is 12.1. The van der Waals surface area contributed by atoms with Crippen LogP contribution in [0.3, 0.4) is 0 Å². The zero-order valence-corrected chi connectivity index (χ0v) is 16.2. The lowest BCUT2D eigenvalue weighted by Crippen LogP contribution is -2.24. The Labute approximate surface area is 162 Å². The van der Waals surface area contributed by atoms with Gasteiger partial charge in [-0.2, -0.15) is 0 Å². The van der Waals surface area contributed by atoms with Crippen molar-refractivity contribution < 1.29 is 4.79 Å². The van der Waals surface area contributed by atoms with Crippen LogP contribution in [-0.4, -0.2) is 28.5 Å². The highest BCUT2D eigenvalue weighted by atomic mass is 16.1. The molecule has 0 bridgehead atoms. The normalized spacial score (nSPS) is 14.7. The van der Waals surface area contributed by atoms with Crippen LogP contribution in [0.5, 0.6) is 0 Å². The highest BCUT2D eigenvalue weighted by molar-refractivity contribution is 5.94. The van der Waals surface area contributed by atoms with Crippen LogP contribution in [0.4, 0.5) is 5.95 Å². The molecule has 144 valence electrons. The van der Waals surface area contributed by atoms with E-state index in [0.717, 1.165) is 36.9 Å². The van der Waals surface area contributed by atoms with Gasteiger partial charge in [0.15, 0.2) is 0 Å². The maximum absolute atomic E-state index is 12.1. The Hall–Kier alpha value is -2.43. The number of amides is 1. The molecule has 5 nitrogen and oxygen atoms in total. The summed E-state index contributed by atoms with van der Waals surface area (Å²) in [7, 11) is 0. The molecule has 0 unspecified atom stereocenters. The molecule has 0 spiro atoms. The maximum Gasteiger partial charge on any atom is 0.251 e. The molecule has 1 heterocycles. The molecule has 0 radical (unpaired) electrons. The van der Waals surface area contributed by atoms with Crippen LogP contribution in [-0.2, 0) is 0 Å². The van der Waals surface area contributed by atoms with Crippen molar-refractivity contribution in [2.45, 2.75) is 64.3 Å². The Morgan fingerprint density at radius 3 is 2.37 bits per heavy atom. The van der Waals surface area contributed by atoms with E-state index in [-0.39, 0.29) is 5.91 Å². The van der Waals surface area contributed by atoms with Gasteiger partial charge in [0.05, 0.1) is 0 Å². The molecule has 1 aromatic heterocycles. The summed E-state index contributed by atoms with van der Waals surface area (Å²) >= 11 is 0. The van der Waals surface area contributed by atoms with E-state index in [1.807, 2.05) is 36.7 Å². The van der Waals surface area contributed by atoms with Gasteiger partial charge in [0.1, 0.15) is 0 Å². The second-order valence-corrected chi connectivity index (χ2v) is 7.31. The second kappa shape index (κ2) is 10.0. The topological polar surface area (TPSA) is 66.9 Å². The van der Waals surface area contributed by atoms with Crippen molar-refractivity contribution in [3.8, 4) is 11.1 Å². The van der Waals surface area contributed by atoms with Gasteiger partial charge in [-0.1, -0.05) is 51.2 Å². The van der Waals surface area contributed by atoms with E-state index in [1.165, 1.54) is 32.1 Å². The number of aromatic nitrogens is 2. The average Bonchev–Trinajstić information content (AvgIpc) is 2.72. The first-order valence-corrected chi connectivity index (χ1v) is 10.2. The van der Waals surface area contributed by atoms with E-state index in [0.29, 0.717) is 17.6 Å². The molecule has 1 fully saturated rings. The van der Waals surface area contributed by atoms with Crippen molar-refractivity contribution in [3.63, 3.8) is 0 Å². The van der Waals surface area contributed by atoms with Gasteiger partial charge >= 0.3 is 0 Å². The predicted octanol–water partition coefficient (Wildman–Crippen LogP) is 4.81. The predicted molar refractivity (Wildman–Crippen MR) is 110 cm³/mol. The quantitative estimate of drug-likeness (QED) is 0.658. The van der Waals surface area contributed by atoms with Gasteiger partial charge in [-0.3, -0.25) is 4.79 Å². The molecule has 1 amide bonds. The van der Waals surface area contributed by atoms with Gasteiger partial charge in [-0.15, -0.1) is 0 Å². The fourth-order valence-corrected chi connectivity index (χ4v) is 3.47. The number of nitrogens with zero attached hydrogens (tertiary/aromatic N) is 2. The lowest BCUT2D eigenvalue weighted by atomic mass is 9.96. The number of carbonyl (C=O) groups is 1. The van der Waals surface area contributed by atoms with Gasteiger partial charge in [0, 0.05) is 36.1 Å². The summed E-state index contributed by atoms with van der Waals surface area (Å²) in [5.74, 6) is 0.690. The van der Waals surface area contributed by atoms with Gasteiger partial charge in [-0.05, 0) is 37.0 Å². The molecule has 1 aliphatic carbocycles. The molecular weight excluding hydrogens is 336 g/mol. The lowest BCUT2D eigenvalue weighted by Gasteiger charge is -2.22. The van der Waals surface area contributed by atoms with Gasteiger partial charge in [0.25, 0.3) is 5.91 Å². The number of rotatable bonds is 8. The molecule has 1 aromatic carbocycles. The summed E-state index contributed by atoms with van der Waals surface area (Å²) in [6.07, 6.45) is 13.3. The smallest absolute Gasteiger partial charge is 0.251 e. The minimum Gasteiger partial charge on any atom is -0.352 e. The molecule has 0 atom stereocenters. The monoisotopic (exact) mass is 366 g/mol. The first-order chi connectivity index (χ1) is 13.3. The summed E-state index contributed by atoms with van der Waals surface area (Å²) in [4.78, 5) is 21.1. The van der Waals surface area contributed by atoms with Crippen LogP contribution in [0, 0.1) is 0 Å². The zero-order valence-electron chi connectivity index (χ0n) is 16.2. The fourth-order valence-electron chi connectivity index (χ4n) is 3.47. The molecule has 2 N–H and O–H groups in total. The molecule has 1 saturated carbocycles. The number of anilines is 1. The standard InChI is InChI=1S/C22H30N4O/c1-2-3-7-14-23-21(27)18-12-10-17(11-13-18)19-15-24-22(25-16-19)26-20-8-5-4-6-9-20/h10-13,15-16,20H,2-9,14H2,1H3,(H,23,27)(H,24,25,26). The summed E-state index contributed by atoms with van der Waals surface area (Å²) < 4.78 is 0. The number of benzene rings is 1. The lowest BCUT2D eigenvalue weighted by molar-refractivity contribution is 0.0953. The first-order valence-electron chi connectivity index (χ1n) is 10.2. The zero-order chi connectivity index (χ0) is 18.9. The third-order valence-electron chi connectivity index (χ3n) is 5.14. The highest BCUT2D eigenvalue weighted by Crippen LogP contribution is 2.22. The van der Waals surface area contributed by atoms with Crippen LogP contribution in [0.1, 0.15) is 68.6 Å². The number of carbonyl (C=O) groups excluding carboxylic acids is 1. The minimum absolute atomic E-state index is 0.0130. The molecule has 5 heteroatoms. The molecule has 1 aliphatic rings. The van der Waals surface area contributed by atoms with Crippen molar-refractivity contribution in [2.75, 3.05) is 11.9 Å². The second-order valence-electron chi connectivity index (χ2n) is 7.31. The Morgan fingerprint density at radius 2 is 1.70 bits per heavy atom. The molecular formula is C22H30N4O. The molecule has 2 aromatic rings. The number of hydrogen-bond donors (Lipinski definition) is 2. The summed E-state index contributed by atoms with van der Waals surface area (Å²) in [5.41, 5.74) is 2.66. The first kappa shape index (κ1) is 19.3. The number of unbranched alkanes of at least 4 members (excludes halogenated alkanes) is 2. The molecule has 27 heavy (non-hydrogen) atoms. The SMILES string of the molecule is CCCCCNC(=O)c1ccc(-c2cnc(NC3CCCCC3)nc2)cc1. The van der Waals surface area contributed by atoms with Crippen LogP contribution >= 0.6 is 0 Å². The van der Waals surface area contributed by atoms with Crippen molar-refractivity contribution >= 4 is 11.9 Å². The molecule has 0 saturated heterocycles. The van der Waals surface area contributed by atoms with Crippen LogP contribution in [0.15, 0.2) is 36.7 Å². The van der Waals surface area contributed by atoms with Gasteiger partial charge in [0.2, 0.25) is 5.95 Å². The Balaban J connectivity index is 1.55. The van der Waals surface area contributed by atoms with Crippen molar-refractivity contribution in [3.05, 3.63) is 42.2 Å². The molecule has 0 aliphatic heterocycles. The Bertz CT molecular complexity index is 706. The van der Waals surface area contributed by atoms with E-state index < -0.39 is 0 Å². The third-order valence-corrected chi connectivity index (χ3v) is 5.14.